The fourth-order valence-electron chi connectivity index (χ4n) is 2.52. The first-order valence-corrected chi connectivity index (χ1v) is 6.48. The minimum Gasteiger partial charge on any atom is -0.126 e. The SMILES string of the molecule is CCCCCC(CCl)C1CCCC1. The molecule has 0 nitrogen and oxygen atoms in total. The van der Waals surface area contributed by atoms with Crippen LogP contribution in [0.4, 0.5) is 0 Å². The molecule has 1 heteroatoms. The Kier molecular flexibility index (Phi) is 5.86. The molecule has 0 radical (unpaired) electrons. The van der Waals surface area contributed by atoms with Crippen molar-refractivity contribution in [2.45, 2.75) is 58.3 Å². The van der Waals surface area contributed by atoms with E-state index in [1.54, 1.807) is 0 Å². The summed E-state index contributed by atoms with van der Waals surface area (Å²) in [7, 11) is 0. The summed E-state index contributed by atoms with van der Waals surface area (Å²) in [6.07, 6.45) is 11.3. The summed E-state index contributed by atoms with van der Waals surface area (Å²) in [5.41, 5.74) is 0. The number of hydrogen-bond acceptors (Lipinski definition) is 0. The Morgan fingerprint density at radius 3 is 2.46 bits per heavy atom. The molecule has 0 aromatic heterocycles. The third kappa shape index (κ3) is 3.89. The monoisotopic (exact) mass is 202 g/mol. The van der Waals surface area contributed by atoms with Crippen LogP contribution in [0, 0.1) is 11.8 Å². The molecule has 1 aliphatic rings. The van der Waals surface area contributed by atoms with Gasteiger partial charge in [-0.3, -0.25) is 0 Å². The second-order valence-electron chi connectivity index (χ2n) is 4.45. The predicted molar refractivity (Wildman–Crippen MR) is 60.3 cm³/mol. The Morgan fingerprint density at radius 2 is 1.92 bits per heavy atom. The largest absolute Gasteiger partial charge is 0.126 e. The van der Waals surface area contributed by atoms with Crippen molar-refractivity contribution >= 4 is 11.6 Å². The third-order valence-electron chi connectivity index (χ3n) is 3.44. The molecule has 78 valence electrons. The summed E-state index contributed by atoms with van der Waals surface area (Å²) in [4.78, 5) is 0. The topological polar surface area (TPSA) is 0 Å². The fraction of sp³-hybridized carbons (Fsp3) is 1.00. The average molecular weight is 203 g/mol. The number of unbranched alkanes of at least 4 members (excludes halogenated alkanes) is 2. The van der Waals surface area contributed by atoms with Crippen molar-refractivity contribution in [3.8, 4) is 0 Å². The molecule has 1 saturated carbocycles. The van der Waals surface area contributed by atoms with Crippen LogP contribution in [0.3, 0.4) is 0 Å². The van der Waals surface area contributed by atoms with Crippen LogP contribution >= 0.6 is 11.6 Å². The molecule has 0 aromatic carbocycles. The standard InChI is InChI=1S/C12H23Cl/c1-2-3-4-9-12(10-13)11-7-5-6-8-11/h11-12H,2-10H2,1H3. The van der Waals surface area contributed by atoms with Crippen molar-refractivity contribution in [3.05, 3.63) is 0 Å². The van der Waals surface area contributed by atoms with Gasteiger partial charge in [-0.1, -0.05) is 51.9 Å². The van der Waals surface area contributed by atoms with Crippen molar-refractivity contribution in [2.24, 2.45) is 11.8 Å². The van der Waals surface area contributed by atoms with Gasteiger partial charge in [0.1, 0.15) is 0 Å². The smallest absolute Gasteiger partial charge is 0.0254 e. The molecule has 0 saturated heterocycles. The normalized spacial score (nSPS) is 20.8. The first-order chi connectivity index (χ1) is 6.38. The van der Waals surface area contributed by atoms with Gasteiger partial charge < -0.3 is 0 Å². The zero-order valence-corrected chi connectivity index (χ0v) is 9.65. The molecule has 1 fully saturated rings. The molecule has 0 spiro atoms. The maximum Gasteiger partial charge on any atom is 0.0254 e. The van der Waals surface area contributed by atoms with Crippen LogP contribution in [-0.4, -0.2) is 5.88 Å². The van der Waals surface area contributed by atoms with Gasteiger partial charge in [0.15, 0.2) is 0 Å². The lowest BCUT2D eigenvalue weighted by molar-refractivity contribution is 0.339. The first kappa shape index (κ1) is 11.4. The maximum atomic E-state index is 6.03. The lowest BCUT2D eigenvalue weighted by Crippen LogP contribution is -2.13. The minimum absolute atomic E-state index is 0.829. The van der Waals surface area contributed by atoms with E-state index in [1.165, 1.54) is 51.4 Å². The van der Waals surface area contributed by atoms with Crippen molar-refractivity contribution in [1.82, 2.24) is 0 Å². The van der Waals surface area contributed by atoms with Gasteiger partial charge in [-0.2, -0.15) is 0 Å². The molecule has 13 heavy (non-hydrogen) atoms. The lowest BCUT2D eigenvalue weighted by Gasteiger charge is -2.20. The van der Waals surface area contributed by atoms with E-state index in [4.69, 9.17) is 11.6 Å². The van der Waals surface area contributed by atoms with Crippen LogP contribution in [0.15, 0.2) is 0 Å². The van der Waals surface area contributed by atoms with E-state index in [0.717, 1.165) is 17.7 Å². The van der Waals surface area contributed by atoms with Crippen LogP contribution in [0.5, 0.6) is 0 Å². The van der Waals surface area contributed by atoms with Crippen LogP contribution in [0.2, 0.25) is 0 Å². The Labute approximate surface area is 88.1 Å². The Morgan fingerprint density at radius 1 is 1.23 bits per heavy atom. The summed E-state index contributed by atoms with van der Waals surface area (Å²) >= 11 is 6.03. The average Bonchev–Trinajstić information content (AvgIpc) is 2.65. The third-order valence-corrected chi connectivity index (χ3v) is 3.84. The molecule has 0 aliphatic heterocycles. The fourth-order valence-corrected chi connectivity index (χ4v) is 2.93. The van der Waals surface area contributed by atoms with Gasteiger partial charge in [-0.05, 0) is 18.3 Å². The molecule has 1 rings (SSSR count). The first-order valence-electron chi connectivity index (χ1n) is 5.94. The van der Waals surface area contributed by atoms with Crippen molar-refractivity contribution in [3.63, 3.8) is 0 Å². The van der Waals surface area contributed by atoms with E-state index in [-0.39, 0.29) is 0 Å². The van der Waals surface area contributed by atoms with E-state index in [0.29, 0.717) is 0 Å². The van der Waals surface area contributed by atoms with Gasteiger partial charge in [0.2, 0.25) is 0 Å². The molecule has 0 heterocycles. The molecule has 0 bridgehead atoms. The quantitative estimate of drug-likeness (QED) is 0.436. The van der Waals surface area contributed by atoms with Gasteiger partial charge in [-0.25, -0.2) is 0 Å². The van der Waals surface area contributed by atoms with E-state index in [1.807, 2.05) is 0 Å². The van der Waals surface area contributed by atoms with Gasteiger partial charge >= 0.3 is 0 Å². The highest BCUT2D eigenvalue weighted by Gasteiger charge is 2.23. The molecular weight excluding hydrogens is 180 g/mol. The van der Waals surface area contributed by atoms with Gasteiger partial charge in [0.05, 0.1) is 0 Å². The van der Waals surface area contributed by atoms with Crippen molar-refractivity contribution < 1.29 is 0 Å². The van der Waals surface area contributed by atoms with Crippen LogP contribution in [0.25, 0.3) is 0 Å². The van der Waals surface area contributed by atoms with Gasteiger partial charge in [0, 0.05) is 5.88 Å². The predicted octanol–water partition coefficient (Wildman–Crippen LogP) is 4.61. The lowest BCUT2D eigenvalue weighted by atomic mass is 9.88. The number of rotatable bonds is 6. The van der Waals surface area contributed by atoms with Crippen molar-refractivity contribution in [2.75, 3.05) is 5.88 Å². The van der Waals surface area contributed by atoms with E-state index in [9.17, 15) is 0 Å². The summed E-state index contributed by atoms with van der Waals surface area (Å²) in [6, 6.07) is 0. The van der Waals surface area contributed by atoms with E-state index >= 15 is 0 Å². The van der Waals surface area contributed by atoms with Gasteiger partial charge in [-0.15, -0.1) is 11.6 Å². The van der Waals surface area contributed by atoms with Crippen LogP contribution in [0.1, 0.15) is 58.3 Å². The molecule has 0 N–H and O–H groups in total. The Hall–Kier alpha value is 0.290. The Bertz CT molecular complexity index is 116. The summed E-state index contributed by atoms with van der Waals surface area (Å²) in [6.45, 7) is 2.27. The second kappa shape index (κ2) is 6.70. The minimum atomic E-state index is 0.829. The molecular formula is C12H23Cl. The summed E-state index contributed by atoms with van der Waals surface area (Å²) in [5.74, 6) is 2.69. The highest BCUT2D eigenvalue weighted by molar-refractivity contribution is 6.18. The zero-order chi connectivity index (χ0) is 9.52. The van der Waals surface area contributed by atoms with E-state index in [2.05, 4.69) is 6.92 Å². The molecule has 0 aromatic rings. The Balaban J connectivity index is 2.16. The molecule has 1 unspecified atom stereocenters. The van der Waals surface area contributed by atoms with Crippen molar-refractivity contribution in [1.29, 1.82) is 0 Å². The molecule has 1 aliphatic carbocycles. The summed E-state index contributed by atoms with van der Waals surface area (Å²) < 4.78 is 0. The number of halogens is 1. The molecule has 0 amide bonds. The zero-order valence-electron chi connectivity index (χ0n) is 8.90. The maximum absolute atomic E-state index is 6.03. The second-order valence-corrected chi connectivity index (χ2v) is 4.76. The van der Waals surface area contributed by atoms with Crippen LogP contribution in [-0.2, 0) is 0 Å². The summed E-state index contributed by atoms with van der Waals surface area (Å²) in [5, 5.41) is 0. The highest BCUT2D eigenvalue weighted by atomic mass is 35.5. The van der Waals surface area contributed by atoms with E-state index < -0.39 is 0 Å². The number of hydrogen-bond donors (Lipinski definition) is 0. The molecule has 1 atom stereocenters. The number of alkyl halides is 1. The van der Waals surface area contributed by atoms with Gasteiger partial charge in [0.25, 0.3) is 0 Å². The highest BCUT2D eigenvalue weighted by Crippen LogP contribution is 2.34. The van der Waals surface area contributed by atoms with Crippen LogP contribution < -0.4 is 0 Å².